The fourth-order valence-electron chi connectivity index (χ4n) is 3.02. The van der Waals surface area contributed by atoms with Crippen LogP contribution in [-0.4, -0.2) is 32.6 Å². The van der Waals surface area contributed by atoms with Crippen LogP contribution in [0.25, 0.3) is 0 Å². The van der Waals surface area contributed by atoms with Crippen LogP contribution in [0.5, 0.6) is 5.75 Å². The molecule has 3 heterocycles. The third kappa shape index (κ3) is 3.99. The van der Waals surface area contributed by atoms with Gasteiger partial charge in [-0.15, -0.1) is 0 Å². The summed E-state index contributed by atoms with van der Waals surface area (Å²) in [5, 5.41) is 9.78. The Labute approximate surface area is 136 Å². The van der Waals surface area contributed by atoms with E-state index in [-0.39, 0.29) is 11.2 Å². The maximum absolute atomic E-state index is 11.8. The molecule has 1 fully saturated rings. The van der Waals surface area contributed by atoms with Crippen LogP contribution >= 0.6 is 0 Å². The lowest BCUT2D eigenvalue weighted by Gasteiger charge is -2.31. The molecule has 2 aromatic heterocycles. The first-order chi connectivity index (χ1) is 11.1. The zero-order valence-electron chi connectivity index (χ0n) is 13.5. The summed E-state index contributed by atoms with van der Waals surface area (Å²) >= 11 is 0. The van der Waals surface area contributed by atoms with Crippen molar-refractivity contribution in [2.24, 2.45) is 5.92 Å². The predicted molar refractivity (Wildman–Crippen MR) is 89.4 cm³/mol. The molecule has 0 atom stereocenters. The van der Waals surface area contributed by atoms with Gasteiger partial charge in [0.15, 0.2) is 5.75 Å². The van der Waals surface area contributed by atoms with Crippen molar-refractivity contribution in [2.45, 2.75) is 32.9 Å². The van der Waals surface area contributed by atoms with Crippen molar-refractivity contribution in [1.29, 1.82) is 0 Å². The standard InChI is InChI=1S/C18H23N3O2/c1-14-4-8-20(9-5-14)12-16-10-17(22)18(23)13-21(16)11-15-2-6-19-7-3-15/h2-3,6-7,10,13-14,23H,4-5,8-9,11-12H2,1H3. The van der Waals surface area contributed by atoms with E-state index in [0.29, 0.717) is 6.54 Å². The molecule has 0 aromatic carbocycles. The molecule has 5 heteroatoms. The minimum Gasteiger partial charge on any atom is -0.503 e. The Balaban J connectivity index is 1.83. The van der Waals surface area contributed by atoms with Crippen LogP contribution in [0.1, 0.15) is 31.0 Å². The minimum absolute atomic E-state index is 0.199. The van der Waals surface area contributed by atoms with Crippen molar-refractivity contribution in [2.75, 3.05) is 13.1 Å². The van der Waals surface area contributed by atoms with Crippen LogP contribution in [0, 0.1) is 5.92 Å². The minimum atomic E-state index is -0.309. The molecule has 1 saturated heterocycles. The zero-order valence-corrected chi connectivity index (χ0v) is 13.5. The maximum Gasteiger partial charge on any atom is 0.223 e. The summed E-state index contributed by atoms with van der Waals surface area (Å²) in [4.78, 5) is 18.3. The highest BCUT2D eigenvalue weighted by Gasteiger charge is 2.17. The van der Waals surface area contributed by atoms with Crippen LogP contribution in [0.4, 0.5) is 0 Å². The number of aromatic hydroxyl groups is 1. The van der Waals surface area contributed by atoms with E-state index in [1.54, 1.807) is 24.7 Å². The molecule has 1 aliphatic rings. The van der Waals surface area contributed by atoms with Crippen LogP contribution < -0.4 is 5.43 Å². The first-order valence-electron chi connectivity index (χ1n) is 8.15. The smallest absolute Gasteiger partial charge is 0.223 e. The van der Waals surface area contributed by atoms with E-state index < -0.39 is 0 Å². The van der Waals surface area contributed by atoms with Gasteiger partial charge in [0.1, 0.15) is 0 Å². The second-order valence-electron chi connectivity index (χ2n) is 6.46. The molecule has 5 nitrogen and oxygen atoms in total. The fourth-order valence-corrected chi connectivity index (χ4v) is 3.02. The Kier molecular flexibility index (Phi) is 4.76. The number of rotatable bonds is 4. The SMILES string of the molecule is CC1CCN(Cc2cc(=O)c(O)cn2Cc2ccncc2)CC1. The first kappa shape index (κ1) is 15.7. The van der Waals surface area contributed by atoms with E-state index >= 15 is 0 Å². The van der Waals surface area contributed by atoms with Crippen LogP contribution in [0.3, 0.4) is 0 Å². The van der Waals surface area contributed by atoms with Gasteiger partial charge in [0, 0.05) is 37.2 Å². The van der Waals surface area contributed by atoms with E-state index in [0.717, 1.165) is 36.8 Å². The number of pyridine rings is 2. The van der Waals surface area contributed by atoms with Gasteiger partial charge in [-0.1, -0.05) is 6.92 Å². The Morgan fingerprint density at radius 2 is 1.91 bits per heavy atom. The predicted octanol–water partition coefficient (Wildman–Crippen LogP) is 2.23. The average Bonchev–Trinajstić information content (AvgIpc) is 2.55. The summed E-state index contributed by atoms with van der Waals surface area (Å²) in [6.45, 7) is 5.78. The van der Waals surface area contributed by atoms with Gasteiger partial charge in [0.25, 0.3) is 0 Å². The van der Waals surface area contributed by atoms with E-state index in [2.05, 4.69) is 16.8 Å². The summed E-state index contributed by atoms with van der Waals surface area (Å²) in [5.74, 6) is 0.583. The van der Waals surface area contributed by atoms with Gasteiger partial charge in [-0.25, -0.2) is 0 Å². The summed E-state index contributed by atoms with van der Waals surface area (Å²) in [7, 11) is 0. The number of nitrogens with zero attached hydrogens (tertiary/aromatic N) is 3. The monoisotopic (exact) mass is 313 g/mol. The first-order valence-corrected chi connectivity index (χ1v) is 8.15. The Hall–Kier alpha value is -2.14. The zero-order chi connectivity index (χ0) is 16.2. The number of hydrogen-bond donors (Lipinski definition) is 1. The second kappa shape index (κ2) is 6.96. The van der Waals surface area contributed by atoms with Crippen molar-refractivity contribution in [1.82, 2.24) is 14.5 Å². The molecule has 0 saturated carbocycles. The molecule has 0 spiro atoms. The quantitative estimate of drug-likeness (QED) is 0.940. The lowest BCUT2D eigenvalue weighted by molar-refractivity contribution is 0.181. The molecular weight excluding hydrogens is 290 g/mol. The van der Waals surface area contributed by atoms with Crippen molar-refractivity contribution in [3.05, 3.63) is 58.3 Å². The van der Waals surface area contributed by atoms with Crippen molar-refractivity contribution in [3.63, 3.8) is 0 Å². The highest BCUT2D eigenvalue weighted by atomic mass is 16.3. The molecule has 0 bridgehead atoms. The number of aromatic nitrogens is 2. The second-order valence-corrected chi connectivity index (χ2v) is 6.46. The van der Waals surface area contributed by atoms with Gasteiger partial charge in [-0.05, 0) is 49.5 Å². The summed E-state index contributed by atoms with van der Waals surface area (Å²) in [5.41, 5.74) is 1.73. The summed E-state index contributed by atoms with van der Waals surface area (Å²) < 4.78 is 1.96. The third-order valence-corrected chi connectivity index (χ3v) is 4.56. The summed E-state index contributed by atoms with van der Waals surface area (Å²) in [6, 6.07) is 5.46. The van der Waals surface area contributed by atoms with E-state index in [4.69, 9.17) is 0 Å². The number of piperidine rings is 1. The molecule has 0 unspecified atom stereocenters. The van der Waals surface area contributed by atoms with Crippen LogP contribution in [0.15, 0.2) is 41.6 Å². The van der Waals surface area contributed by atoms with Gasteiger partial charge in [0.2, 0.25) is 5.43 Å². The highest BCUT2D eigenvalue weighted by Crippen LogP contribution is 2.19. The highest BCUT2D eigenvalue weighted by molar-refractivity contribution is 5.22. The molecule has 3 rings (SSSR count). The summed E-state index contributed by atoms with van der Waals surface area (Å²) in [6.07, 6.45) is 7.46. The van der Waals surface area contributed by atoms with Gasteiger partial charge >= 0.3 is 0 Å². The maximum atomic E-state index is 11.8. The molecule has 1 aliphatic heterocycles. The number of likely N-dealkylation sites (tertiary alicyclic amines) is 1. The molecule has 0 aliphatic carbocycles. The Morgan fingerprint density at radius 3 is 2.61 bits per heavy atom. The lowest BCUT2D eigenvalue weighted by atomic mass is 9.99. The van der Waals surface area contributed by atoms with Crippen LogP contribution in [0.2, 0.25) is 0 Å². The van der Waals surface area contributed by atoms with E-state index in [9.17, 15) is 9.90 Å². The normalized spacial score (nSPS) is 16.6. The van der Waals surface area contributed by atoms with Crippen molar-refractivity contribution < 1.29 is 5.11 Å². The fraction of sp³-hybridized carbons (Fsp3) is 0.444. The van der Waals surface area contributed by atoms with E-state index in [1.165, 1.54) is 12.8 Å². The molecule has 0 radical (unpaired) electrons. The van der Waals surface area contributed by atoms with E-state index in [1.807, 2.05) is 16.7 Å². The topological polar surface area (TPSA) is 58.4 Å². The van der Waals surface area contributed by atoms with Gasteiger partial charge < -0.3 is 9.67 Å². The molecular formula is C18H23N3O2. The van der Waals surface area contributed by atoms with Gasteiger partial charge in [-0.3, -0.25) is 14.7 Å². The van der Waals surface area contributed by atoms with Crippen molar-refractivity contribution >= 4 is 0 Å². The average molecular weight is 313 g/mol. The van der Waals surface area contributed by atoms with Gasteiger partial charge in [0.05, 0.1) is 6.20 Å². The van der Waals surface area contributed by atoms with Crippen LogP contribution in [-0.2, 0) is 13.1 Å². The third-order valence-electron chi connectivity index (χ3n) is 4.56. The molecule has 23 heavy (non-hydrogen) atoms. The lowest BCUT2D eigenvalue weighted by Crippen LogP contribution is -2.33. The molecule has 122 valence electrons. The molecule has 1 N–H and O–H groups in total. The number of hydrogen-bond acceptors (Lipinski definition) is 4. The Morgan fingerprint density at radius 1 is 1.22 bits per heavy atom. The largest absolute Gasteiger partial charge is 0.503 e. The van der Waals surface area contributed by atoms with Gasteiger partial charge in [-0.2, -0.15) is 0 Å². The Bertz CT molecular complexity index is 704. The molecule has 2 aromatic rings. The van der Waals surface area contributed by atoms with Crippen molar-refractivity contribution in [3.8, 4) is 5.75 Å². The molecule has 0 amide bonds.